The lowest BCUT2D eigenvalue weighted by molar-refractivity contribution is -0.147. The van der Waals surface area contributed by atoms with E-state index in [-0.39, 0.29) is 17.7 Å². The van der Waals surface area contributed by atoms with Gasteiger partial charge in [-0.1, -0.05) is 22.6 Å². The molecule has 2 bridgehead atoms. The van der Waals surface area contributed by atoms with Gasteiger partial charge in [-0.3, -0.25) is 4.90 Å². The summed E-state index contributed by atoms with van der Waals surface area (Å²) in [5.41, 5.74) is 0.936. The van der Waals surface area contributed by atoms with Gasteiger partial charge in [0.25, 0.3) is 0 Å². The SMILES string of the molecule is COC(C)[C@H]1CC[C@H]2N1[C@@H]1C[C@@H](I)C3=CC(=O)O[C@@]32C1. The lowest BCUT2D eigenvalue weighted by Gasteiger charge is -2.35. The molecule has 1 aliphatic carbocycles. The Morgan fingerprint density at radius 1 is 1.55 bits per heavy atom. The fourth-order valence-electron chi connectivity index (χ4n) is 4.95. The van der Waals surface area contributed by atoms with Crippen LogP contribution in [-0.4, -0.2) is 51.7 Å². The van der Waals surface area contributed by atoms with Crippen molar-refractivity contribution in [2.45, 2.75) is 66.4 Å². The van der Waals surface area contributed by atoms with Crippen molar-refractivity contribution in [3.05, 3.63) is 11.6 Å². The number of nitrogens with zero attached hydrogens (tertiary/aromatic N) is 1. The van der Waals surface area contributed by atoms with Crippen LogP contribution in [0.15, 0.2) is 11.6 Å². The van der Waals surface area contributed by atoms with Crippen LogP contribution in [0.3, 0.4) is 0 Å². The minimum Gasteiger partial charge on any atom is -0.450 e. The Bertz CT molecular complexity index is 494. The maximum atomic E-state index is 11.9. The number of carbonyl (C=O) groups excluding carboxylic acids is 1. The van der Waals surface area contributed by atoms with Crippen LogP contribution >= 0.6 is 22.6 Å². The molecule has 110 valence electrons. The van der Waals surface area contributed by atoms with Crippen LogP contribution in [0.4, 0.5) is 0 Å². The molecule has 3 heterocycles. The van der Waals surface area contributed by atoms with Gasteiger partial charge in [-0.2, -0.15) is 0 Å². The quantitative estimate of drug-likeness (QED) is 0.412. The molecule has 3 fully saturated rings. The molecule has 4 nitrogen and oxygen atoms in total. The Labute approximate surface area is 133 Å². The molecular formula is C15H20INO3. The van der Waals surface area contributed by atoms with Crippen molar-refractivity contribution >= 4 is 28.6 Å². The van der Waals surface area contributed by atoms with Gasteiger partial charge in [0.1, 0.15) is 0 Å². The fraction of sp³-hybridized carbons (Fsp3) is 0.800. The minimum atomic E-state index is -0.311. The van der Waals surface area contributed by atoms with Crippen LogP contribution in [0.5, 0.6) is 0 Å². The molecule has 20 heavy (non-hydrogen) atoms. The molecule has 0 N–H and O–H groups in total. The Balaban J connectivity index is 1.74. The summed E-state index contributed by atoms with van der Waals surface area (Å²) in [6.45, 7) is 2.16. The molecule has 4 rings (SSSR count). The number of carbonyl (C=O) groups is 1. The average molecular weight is 389 g/mol. The summed E-state index contributed by atoms with van der Waals surface area (Å²) in [5, 5.41) is 0. The van der Waals surface area contributed by atoms with Crippen molar-refractivity contribution in [1.29, 1.82) is 0 Å². The third kappa shape index (κ3) is 1.57. The molecule has 1 spiro atoms. The van der Waals surface area contributed by atoms with Gasteiger partial charge in [0.2, 0.25) is 0 Å². The molecule has 1 unspecified atom stereocenters. The summed E-state index contributed by atoms with van der Waals surface area (Å²) in [6, 6.07) is 1.37. The smallest absolute Gasteiger partial charge is 0.331 e. The van der Waals surface area contributed by atoms with Crippen LogP contribution in [0.25, 0.3) is 0 Å². The summed E-state index contributed by atoms with van der Waals surface area (Å²) >= 11 is 2.48. The van der Waals surface area contributed by atoms with Crippen molar-refractivity contribution in [1.82, 2.24) is 4.90 Å². The van der Waals surface area contributed by atoms with Gasteiger partial charge in [-0.25, -0.2) is 4.79 Å². The second-order valence-corrected chi connectivity index (χ2v) is 8.02. The number of halogens is 1. The predicted octanol–water partition coefficient (Wildman–Crippen LogP) is 2.06. The largest absolute Gasteiger partial charge is 0.450 e. The molecular weight excluding hydrogens is 369 g/mol. The molecule has 3 aliphatic heterocycles. The monoisotopic (exact) mass is 389 g/mol. The third-order valence-electron chi connectivity index (χ3n) is 5.75. The molecule has 0 radical (unpaired) electrons. The van der Waals surface area contributed by atoms with E-state index in [1.54, 1.807) is 13.2 Å². The van der Waals surface area contributed by atoms with Crippen LogP contribution in [0, 0.1) is 0 Å². The first kappa shape index (κ1) is 13.5. The normalized spacial score (nSPS) is 47.8. The van der Waals surface area contributed by atoms with E-state index in [1.807, 2.05) is 0 Å². The van der Waals surface area contributed by atoms with Gasteiger partial charge in [-0.15, -0.1) is 0 Å². The van der Waals surface area contributed by atoms with E-state index in [1.165, 1.54) is 5.57 Å². The van der Waals surface area contributed by atoms with Gasteiger partial charge in [0, 0.05) is 35.6 Å². The molecule has 0 amide bonds. The van der Waals surface area contributed by atoms with E-state index in [9.17, 15) is 4.79 Å². The standard InChI is InChI=1S/C15H20INO3/c1-8(19-2)12-3-4-13-15-7-9(17(12)13)5-11(16)10(15)6-14(18)20-15/h6,8-9,11-13H,3-5,7H2,1-2H3/t8?,9-,11-,12-,13-,15+/m1/s1. The molecule has 1 saturated carbocycles. The van der Waals surface area contributed by atoms with Crippen molar-refractivity contribution in [3.8, 4) is 0 Å². The van der Waals surface area contributed by atoms with Crippen molar-refractivity contribution in [2.75, 3.05) is 7.11 Å². The molecule has 0 aromatic rings. The van der Waals surface area contributed by atoms with Gasteiger partial charge < -0.3 is 9.47 Å². The maximum absolute atomic E-state index is 11.9. The van der Waals surface area contributed by atoms with Crippen LogP contribution in [0.2, 0.25) is 0 Å². The first-order chi connectivity index (χ1) is 9.56. The fourth-order valence-corrected chi connectivity index (χ4v) is 6.24. The van der Waals surface area contributed by atoms with E-state index in [0.717, 1.165) is 25.7 Å². The number of methoxy groups -OCH3 is 1. The topological polar surface area (TPSA) is 38.8 Å². The summed E-state index contributed by atoms with van der Waals surface area (Å²) in [7, 11) is 1.79. The van der Waals surface area contributed by atoms with E-state index >= 15 is 0 Å². The Morgan fingerprint density at radius 2 is 2.35 bits per heavy atom. The highest BCUT2D eigenvalue weighted by Gasteiger charge is 2.66. The van der Waals surface area contributed by atoms with Crippen LogP contribution < -0.4 is 0 Å². The summed E-state index contributed by atoms with van der Waals surface area (Å²) in [6.07, 6.45) is 6.39. The lowest BCUT2D eigenvalue weighted by atomic mass is 9.77. The Morgan fingerprint density at radius 3 is 3.10 bits per heavy atom. The number of rotatable bonds is 2. The van der Waals surface area contributed by atoms with Gasteiger partial charge >= 0.3 is 5.97 Å². The van der Waals surface area contributed by atoms with E-state index in [0.29, 0.717) is 22.1 Å². The average Bonchev–Trinajstić information content (AvgIpc) is 3.04. The van der Waals surface area contributed by atoms with Gasteiger partial charge in [-0.05, 0) is 31.8 Å². The maximum Gasteiger partial charge on any atom is 0.331 e. The number of fused-ring (bicyclic) bond motifs is 3. The first-order valence-electron chi connectivity index (χ1n) is 7.46. The minimum absolute atomic E-state index is 0.132. The number of esters is 1. The van der Waals surface area contributed by atoms with Crippen LogP contribution in [-0.2, 0) is 14.3 Å². The summed E-state index contributed by atoms with van der Waals surface area (Å²) in [5.74, 6) is -0.132. The lowest BCUT2D eigenvalue weighted by Crippen LogP contribution is -2.47. The van der Waals surface area contributed by atoms with Gasteiger partial charge in [0.05, 0.1) is 12.1 Å². The summed E-state index contributed by atoms with van der Waals surface area (Å²) in [4.78, 5) is 14.5. The number of alkyl halides is 1. The van der Waals surface area contributed by atoms with E-state index in [4.69, 9.17) is 9.47 Å². The summed E-state index contributed by atoms with van der Waals surface area (Å²) < 4.78 is 11.9. The number of hydrogen-bond donors (Lipinski definition) is 0. The third-order valence-corrected chi connectivity index (χ3v) is 6.93. The number of hydrogen-bond acceptors (Lipinski definition) is 4. The highest BCUT2D eigenvalue weighted by molar-refractivity contribution is 14.1. The second-order valence-electron chi connectivity index (χ2n) is 6.52. The number of ether oxygens (including phenoxy) is 2. The highest BCUT2D eigenvalue weighted by Crippen LogP contribution is 2.57. The Hall–Kier alpha value is -0.140. The molecule has 5 heteroatoms. The van der Waals surface area contributed by atoms with Crippen molar-refractivity contribution in [3.63, 3.8) is 0 Å². The highest BCUT2D eigenvalue weighted by atomic mass is 127. The molecule has 4 aliphatic rings. The molecule has 2 saturated heterocycles. The predicted molar refractivity (Wildman–Crippen MR) is 82.9 cm³/mol. The van der Waals surface area contributed by atoms with Crippen molar-refractivity contribution < 1.29 is 14.3 Å². The molecule has 0 aromatic heterocycles. The van der Waals surface area contributed by atoms with E-state index in [2.05, 4.69) is 34.4 Å². The second kappa shape index (κ2) is 4.43. The Kier molecular flexibility index (Phi) is 2.99. The molecule has 0 aromatic carbocycles. The zero-order valence-corrected chi connectivity index (χ0v) is 14.0. The molecule has 6 atom stereocenters. The van der Waals surface area contributed by atoms with Gasteiger partial charge in [0.15, 0.2) is 5.60 Å². The van der Waals surface area contributed by atoms with Crippen molar-refractivity contribution in [2.24, 2.45) is 0 Å². The first-order valence-corrected chi connectivity index (χ1v) is 8.70. The zero-order valence-electron chi connectivity index (χ0n) is 11.8. The van der Waals surface area contributed by atoms with Crippen LogP contribution in [0.1, 0.15) is 32.6 Å². The van der Waals surface area contributed by atoms with E-state index < -0.39 is 0 Å². The zero-order chi connectivity index (χ0) is 14.1.